The minimum Gasteiger partial charge on any atom is -0.478 e. The molecule has 1 aliphatic heterocycles. The average molecular weight is 251 g/mol. The van der Waals surface area contributed by atoms with E-state index < -0.39 is 5.97 Å². The topological polar surface area (TPSA) is 49.3 Å². The predicted octanol–water partition coefficient (Wildman–Crippen LogP) is 3.08. The number of hydrogen-bond acceptors (Lipinski definition) is 3. The quantitative estimate of drug-likeness (QED) is 0.863. The van der Waals surface area contributed by atoms with E-state index in [-0.39, 0.29) is 0 Å². The van der Waals surface area contributed by atoms with Crippen LogP contribution < -0.4 is 5.32 Å². The molecule has 0 aromatic heterocycles. The van der Waals surface area contributed by atoms with Crippen LogP contribution >= 0.6 is 11.8 Å². The smallest absolute Gasteiger partial charge is 0.335 e. The van der Waals surface area contributed by atoms with Crippen LogP contribution in [0.4, 0.5) is 5.69 Å². The lowest BCUT2D eigenvalue weighted by molar-refractivity contribution is 0.0697. The molecule has 1 aromatic carbocycles. The maximum absolute atomic E-state index is 10.7. The summed E-state index contributed by atoms with van der Waals surface area (Å²) in [5, 5.41) is 12.8. The van der Waals surface area contributed by atoms with Crippen LogP contribution in [0, 0.1) is 0 Å². The minimum atomic E-state index is -0.876. The molecule has 0 amide bonds. The van der Waals surface area contributed by atoms with Gasteiger partial charge in [0.2, 0.25) is 0 Å². The number of rotatable bonds is 4. The molecule has 92 valence electrons. The summed E-state index contributed by atoms with van der Waals surface area (Å²) >= 11 is 2.03. The van der Waals surface area contributed by atoms with E-state index in [1.165, 1.54) is 25.0 Å². The third-order valence-electron chi connectivity index (χ3n) is 2.94. The summed E-state index contributed by atoms with van der Waals surface area (Å²) in [6.45, 7) is 0.969. The number of thioether (sulfide) groups is 1. The molecule has 1 unspecified atom stereocenters. The van der Waals surface area contributed by atoms with Gasteiger partial charge in [0, 0.05) is 17.5 Å². The Bertz CT molecular complexity index is 372. The molecular formula is C13H17NO2S. The van der Waals surface area contributed by atoms with Gasteiger partial charge in [-0.3, -0.25) is 0 Å². The zero-order valence-corrected chi connectivity index (χ0v) is 10.5. The van der Waals surface area contributed by atoms with Crippen LogP contribution in [0.15, 0.2) is 24.3 Å². The maximum atomic E-state index is 10.7. The van der Waals surface area contributed by atoms with Gasteiger partial charge in [-0.2, -0.15) is 11.8 Å². The third-order valence-corrected chi connectivity index (χ3v) is 4.34. The van der Waals surface area contributed by atoms with E-state index in [0.29, 0.717) is 10.8 Å². The first-order valence-corrected chi connectivity index (χ1v) is 6.99. The van der Waals surface area contributed by atoms with E-state index in [1.807, 2.05) is 23.9 Å². The Hall–Kier alpha value is -1.16. The van der Waals surface area contributed by atoms with Gasteiger partial charge in [-0.25, -0.2) is 4.79 Å². The highest BCUT2D eigenvalue weighted by Gasteiger charge is 2.13. The lowest BCUT2D eigenvalue weighted by Crippen LogP contribution is -2.19. The summed E-state index contributed by atoms with van der Waals surface area (Å²) in [6, 6.07) is 6.94. The first-order valence-electron chi connectivity index (χ1n) is 5.94. The fraction of sp³-hybridized carbons (Fsp3) is 0.462. The van der Waals surface area contributed by atoms with Crippen molar-refractivity contribution in [2.45, 2.75) is 24.5 Å². The summed E-state index contributed by atoms with van der Waals surface area (Å²) < 4.78 is 0. The standard InChI is InChI=1S/C13H17NO2S/c15-13(16)10-4-6-11(7-5-10)14-9-12-3-1-2-8-17-12/h4-7,12,14H,1-3,8-9H2,(H,15,16). The number of benzene rings is 1. The Labute approximate surface area is 106 Å². The largest absolute Gasteiger partial charge is 0.478 e. The molecule has 0 spiro atoms. The summed E-state index contributed by atoms with van der Waals surface area (Å²) in [4.78, 5) is 10.7. The Balaban J connectivity index is 1.84. The Morgan fingerprint density at radius 3 is 2.71 bits per heavy atom. The van der Waals surface area contributed by atoms with Crippen LogP contribution in [0.2, 0.25) is 0 Å². The molecule has 0 aliphatic carbocycles. The van der Waals surface area contributed by atoms with Crippen LogP contribution in [-0.4, -0.2) is 28.6 Å². The fourth-order valence-corrected chi connectivity index (χ4v) is 3.17. The zero-order valence-electron chi connectivity index (χ0n) is 9.69. The van der Waals surface area contributed by atoms with Gasteiger partial charge in [-0.05, 0) is 42.9 Å². The Morgan fingerprint density at radius 1 is 1.35 bits per heavy atom. The summed E-state index contributed by atoms with van der Waals surface area (Å²) in [5.74, 6) is 0.393. The molecule has 1 heterocycles. The van der Waals surface area contributed by atoms with Gasteiger partial charge in [-0.1, -0.05) is 6.42 Å². The van der Waals surface area contributed by atoms with E-state index in [9.17, 15) is 4.79 Å². The van der Waals surface area contributed by atoms with Crippen LogP contribution in [-0.2, 0) is 0 Å². The van der Waals surface area contributed by atoms with Crippen molar-refractivity contribution in [3.05, 3.63) is 29.8 Å². The van der Waals surface area contributed by atoms with E-state index in [1.54, 1.807) is 12.1 Å². The molecule has 1 fully saturated rings. The van der Waals surface area contributed by atoms with E-state index in [2.05, 4.69) is 5.32 Å². The predicted molar refractivity (Wildman–Crippen MR) is 72.0 cm³/mol. The van der Waals surface area contributed by atoms with Crippen molar-refractivity contribution in [3.8, 4) is 0 Å². The van der Waals surface area contributed by atoms with Crippen molar-refractivity contribution in [1.82, 2.24) is 0 Å². The first kappa shape index (κ1) is 12.3. The number of carboxylic acid groups (broad SMARTS) is 1. The Morgan fingerprint density at radius 2 is 2.12 bits per heavy atom. The number of aromatic carboxylic acids is 1. The van der Waals surface area contributed by atoms with E-state index in [4.69, 9.17) is 5.11 Å². The van der Waals surface area contributed by atoms with E-state index in [0.717, 1.165) is 12.2 Å². The minimum absolute atomic E-state index is 0.336. The van der Waals surface area contributed by atoms with Gasteiger partial charge in [-0.15, -0.1) is 0 Å². The molecule has 1 atom stereocenters. The first-order chi connectivity index (χ1) is 8.25. The number of carboxylic acids is 1. The molecule has 0 bridgehead atoms. The fourth-order valence-electron chi connectivity index (χ4n) is 1.93. The number of hydrogen-bond donors (Lipinski definition) is 2. The molecule has 2 N–H and O–H groups in total. The monoisotopic (exact) mass is 251 g/mol. The van der Waals surface area contributed by atoms with Crippen molar-refractivity contribution in [2.24, 2.45) is 0 Å². The van der Waals surface area contributed by atoms with E-state index >= 15 is 0 Å². The highest BCUT2D eigenvalue weighted by molar-refractivity contribution is 7.99. The molecule has 4 heteroatoms. The summed E-state index contributed by atoms with van der Waals surface area (Å²) in [5.41, 5.74) is 1.34. The zero-order chi connectivity index (χ0) is 12.1. The normalized spacial score (nSPS) is 19.9. The molecule has 0 saturated carbocycles. The molecule has 1 saturated heterocycles. The lowest BCUT2D eigenvalue weighted by atomic mass is 10.1. The van der Waals surface area contributed by atoms with Crippen LogP contribution in [0.1, 0.15) is 29.6 Å². The maximum Gasteiger partial charge on any atom is 0.335 e. The second kappa shape index (κ2) is 5.96. The van der Waals surface area contributed by atoms with Crippen LogP contribution in [0.25, 0.3) is 0 Å². The summed E-state index contributed by atoms with van der Waals surface area (Å²) in [7, 11) is 0. The SMILES string of the molecule is O=C(O)c1ccc(NCC2CCCCS2)cc1. The van der Waals surface area contributed by atoms with Crippen molar-refractivity contribution in [1.29, 1.82) is 0 Å². The highest BCUT2D eigenvalue weighted by atomic mass is 32.2. The van der Waals surface area contributed by atoms with Crippen molar-refractivity contribution >= 4 is 23.4 Å². The van der Waals surface area contributed by atoms with Gasteiger partial charge < -0.3 is 10.4 Å². The number of carbonyl (C=O) groups is 1. The molecule has 1 aromatic rings. The molecule has 3 nitrogen and oxygen atoms in total. The second-order valence-corrected chi connectivity index (χ2v) is 5.66. The summed E-state index contributed by atoms with van der Waals surface area (Å²) in [6.07, 6.45) is 3.96. The van der Waals surface area contributed by atoms with Crippen molar-refractivity contribution in [2.75, 3.05) is 17.6 Å². The molecule has 2 rings (SSSR count). The van der Waals surface area contributed by atoms with Gasteiger partial charge in [0.1, 0.15) is 0 Å². The second-order valence-electron chi connectivity index (χ2n) is 4.25. The highest BCUT2D eigenvalue weighted by Crippen LogP contribution is 2.25. The van der Waals surface area contributed by atoms with Crippen LogP contribution in [0.3, 0.4) is 0 Å². The van der Waals surface area contributed by atoms with Crippen molar-refractivity contribution < 1.29 is 9.90 Å². The lowest BCUT2D eigenvalue weighted by Gasteiger charge is -2.21. The average Bonchev–Trinajstić information content (AvgIpc) is 2.38. The van der Waals surface area contributed by atoms with Crippen LogP contribution in [0.5, 0.6) is 0 Å². The van der Waals surface area contributed by atoms with Gasteiger partial charge in [0.25, 0.3) is 0 Å². The molecule has 17 heavy (non-hydrogen) atoms. The third kappa shape index (κ3) is 3.66. The molecule has 0 radical (unpaired) electrons. The molecular weight excluding hydrogens is 234 g/mol. The number of nitrogens with one attached hydrogen (secondary N) is 1. The van der Waals surface area contributed by atoms with Gasteiger partial charge in [0.05, 0.1) is 5.56 Å². The Kier molecular flexibility index (Phi) is 4.31. The van der Waals surface area contributed by atoms with Crippen molar-refractivity contribution in [3.63, 3.8) is 0 Å². The van der Waals surface area contributed by atoms with Gasteiger partial charge in [0.15, 0.2) is 0 Å². The van der Waals surface area contributed by atoms with Gasteiger partial charge >= 0.3 is 5.97 Å². The number of anilines is 1. The molecule has 1 aliphatic rings.